The molecule has 0 aromatic heterocycles. The molecule has 6 nitrogen and oxygen atoms in total. The molecule has 0 atom stereocenters. The molecule has 0 radical (unpaired) electrons. The standard InChI is InChI=1S/C17H24F4N4O2/c1-4-22-16(23-11-15(26)25(3)12-17(19,20)21)24(2)9-10-27-14-7-5-13(18)6-8-14/h5-8H,4,9-12H2,1-3H3,(H,22,23). The van der Waals surface area contributed by atoms with Crippen molar-refractivity contribution in [3.63, 3.8) is 0 Å². The normalized spacial score (nSPS) is 11.9. The number of guanidine groups is 1. The average Bonchev–Trinajstić information content (AvgIpc) is 2.58. The van der Waals surface area contributed by atoms with Crippen molar-refractivity contribution >= 4 is 11.9 Å². The minimum Gasteiger partial charge on any atom is -0.492 e. The van der Waals surface area contributed by atoms with Gasteiger partial charge in [0.1, 0.15) is 31.3 Å². The fourth-order valence-corrected chi connectivity index (χ4v) is 2.03. The SMILES string of the molecule is CCNC(=NCC(=O)N(C)CC(F)(F)F)N(C)CCOc1ccc(F)cc1. The van der Waals surface area contributed by atoms with E-state index in [1.165, 1.54) is 24.3 Å². The zero-order valence-corrected chi connectivity index (χ0v) is 15.5. The van der Waals surface area contributed by atoms with Crippen LogP contribution in [0.1, 0.15) is 6.92 Å². The van der Waals surface area contributed by atoms with Gasteiger partial charge >= 0.3 is 6.18 Å². The van der Waals surface area contributed by atoms with E-state index in [1.54, 1.807) is 11.9 Å². The molecule has 1 amide bonds. The minimum atomic E-state index is -4.45. The molecular formula is C17H24F4N4O2. The Bertz CT molecular complexity index is 620. The van der Waals surface area contributed by atoms with Gasteiger partial charge in [-0.2, -0.15) is 13.2 Å². The van der Waals surface area contributed by atoms with E-state index in [0.717, 1.165) is 7.05 Å². The Hall–Kier alpha value is -2.52. The highest BCUT2D eigenvalue weighted by Crippen LogP contribution is 2.15. The number of carbonyl (C=O) groups is 1. The Kier molecular flexibility index (Phi) is 8.83. The number of hydrogen-bond acceptors (Lipinski definition) is 3. The molecule has 27 heavy (non-hydrogen) atoms. The maximum Gasteiger partial charge on any atom is 0.406 e. The maximum atomic E-state index is 12.8. The first-order valence-corrected chi connectivity index (χ1v) is 8.31. The zero-order chi connectivity index (χ0) is 20.4. The van der Waals surface area contributed by atoms with E-state index in [4.69, 9.17) is 4.74 Å². The van der Waals surface area contributed by atoms with Crippen LogP contribution in [0.15, 0.2) is 29.3 Å². The molecule has 152 valence electrons. The van der Waals surface area contributed by atoms with Crippen LogP contribution in [0.25, 0.3) is 0 Å². The Balaban J connectivity index is 2.55. The number of nitrogens with one attached hydrogen (secondary N) is 1. The quantitative estimate of drug-likeness (QED) is 0.418. The highest BCUT2D eigenvalue weighted by Gasteiger charge is 2.31. The van der Waals surface area contributed by atoms with E-state index in [-0.39, 0.29) is 12.4 Å². The third-order valence-corrected chi connectivity index (χ3v) is 3.41. The summed E-state index contributed by atoms with van der Waals surface area (Å²) in [5.41, 5.74) is 0. The first kappa shape index (κ1) is 22.5. The molecule has 1 rings (SSSR count). The lowest BCUT2D eigenvalue weighted by Gasteiger charge is -2.23. The fourth-order valence-electron chi connectivity index (χ4n) is 2.03. The first-order chi connectivity index (χ1) is 12.6. The predicted octanol–water partition coefficient (Wildman–Crippen LogP) is 2.12. The predicted molar refractivity (Wildman–Crippen MR) is 94.2 cm³/mol. The number of alkyl halides is 3. The molecule has 10 heteroatoms. The molecule has 1 aromatic rings. The molecule has 1 N–H and O–H groups in total. The number of likely N-dealkylation sites (N-methyl/N-ethyl adjacent to an activating group) is 2. The van der Waals surface area contributed by atoms with Crippen molar-refractivity contribution in [1.29, 1.82) is 0 Å². The summed E-state index contributed by atoms with van der Waals surface area (Å²) >= 11 is 0. The molecule has 0 heterocycles. The van der Waals surface area contributed by atoms with Gasteiger partial charge in [0.2, 0.25) is 5.91 Å². The number of halogens is 4. The smallest absolute Gasteiger partial charge is 0.406 e. The molecule has 0 saturated carbocycles. The molecule has 0 saturated heterocycles. The van der Waals surface area contributed by atoms with E-state index < -0.39 is 25.2 Å². The Morgan fingerprint density at radius 3 is 2.37 bits per heavy atom. The summed E-state index contributed by atoms with van der Waals surface area (Å²) in [5.74, 6) is -0.218. The summed E-state index contributed by atoms with van der Waals surface area (Å²) in [7, 11) is 2.79. The Morgan fingerprint density at radius 1 is 1.19 bits per heavy atom. The number of rotatable bonds is 8. The summed E-state index contributed by atoms with van der Waals surface area (Å²) in [6, 6.07) is 5.58. The number of nitrogens with zero attached hydrogens (tertiary/aromatic N) is 3. The minimum absolute atomic E-state index is 0.272. The molecular weight excluding hydrogens is 368 g/mol. The van der Waals surface area contributed by atoms with Crippen LogP contribution in [0.5, 0.6) is 5.75 Å². The topological polar surface area (TPSA) is 57.2 Å². The molecule has 0 bridgehead atoms. The average molecular weight is 392 g/mol. The number of carbonyl (C=O) groups excluding carboxylic acids is 1. The second-order valence-corrected chi connectivity index (χ2v) is 5.76. The zero-order valence-electron chi connectivity index (χ0n) is 15.5. The number of ether oxygens (including phenoxy) is 1. The van der Waals surface area contributed by atoms with Gasteiger partial charge < -0.3 is 19.9 Å². The Labute approximate surface area is 155 Å². The van der Waals surface area contributed by atoms with Crippen molar-refractivity contribution in [2.24, 2.45) is 4.99 Å². The van der Waals surface area contributed by atoms with Crippen LogP contribution in [0.3, 0.4) is 0 Å². The number of benzene rings is 1. The van der Waals surface area contributed by atoms with Crippen molar-refractivity contribution < 1.29 is 27.1 Å². The molecule has 0 spiro atoms. The van der Waals surface area contributed by atoms with Gasteiger partial charge in [0, 0.05) is 20.6 Å². The second-order valence-electron chi connectivity index (χ2n) is 5.76. The monoisotopic (exact) mass is 392 g/mol. The van der Waals surface area contributed by atoms with Gasteiger partial charge in [-0.1, -0.05) is 0 Å². The van der Waals surface area contributed by atoms with Crippen molar-refractivity contribution in [3.8, 4) is 5.75 Å². The van der Waals surface area contributed by atoms with Crippen molar-refractivity contribution in [2.75, 3.05) is 46.9 Å². The van der Waals surface area contributed by atoms with Crippen LogP contribution >= 0.6 is 0 Å². The highest BCUT2D eigenvalue weighted by atomic mass is 19.4. The summed E-state index contributed by atoms with van der Waals surface area (Å²) in [4.78, 5) is 18.1. The largest absolute Gasteiger partial charge is 0.492 e. The Morgan fingerprint density at radius 2 is 1.81 bits per heavy atom. The van der Waals surface area contributed by atoms with Crippen LogP contribution in [-0.2, 0) is 4.79 Å². The number of aliphatic imine (C=N–C) groups is 1. The van der Waals surface area contributed by atoms with Crippen LogP contribution in [0, 0.1) is 5.82 Å². The fraction of sp³-hybridized carbons (Fsp3) is 0.529. The van der Waals surface area contributed by atoms with Gasteiger partial charge in [-0.05, 0) is 31.2 Å². The van der Waals surface area contributed by atoms with Crippen molar-refractivity contribution in [1.82, 2.24) is 15.1 Å². The van der Waals surface area contributed by atoms with E-state index >= 15 is 0 Å². The molecule has 1 aromatic carbocycles. The van der Waals surface area contributed by atoms with Crippen LogP contribution < -0.4 is 10.1 Å². The summed E-state index contributed by atoms with van der Waals surface area (Å²) in [5, 5.41) is 2.96. The van der Waals surface area contributed by atoms with Crippen molar-refractivity contribution in [2.45, 2.75) is 13.1 Å². The summed E-state index contributed by atoms with van der Waals surface area (Å²) in [6.45, 7) is 1.30. The van der Waals surface area contributed by atoms with Crippen LogP contribution in [0.4, 0.5) is 17.6 Å². The second kappa shape index (κ2) is 10.6. The highest BCUT2D eigenvalue weighted by molar-refractivity contribution is 5.84. The molecule has 0 fully saturated rings. The third kappa shape index (κ3) is 9.11. The lowest BCUT2D eigenvalue weighted by atomic mass is 10.3. The van der Waals surface area contributed by atoms with Crippen molar-refractivity contribution in [3.05, 3.63) is 30.1 Å². The van der Waals surface area contributed by atoms with Gasteiger partial charge in [-0.15, -0.1) is 0 Å². The molecule has 0 aliphatic heterocycles. The summed E-state index contributed by atoms with van der Waals surface area (Å²) < 4.78 is 55.3. The van der Waals surface area contributed by atoms with Crippen LogP contribution in [0.2, 0.25) is 0 Å². The maximum absolute atomic E-state index is 12.8. The lowest BCUT2D eigenvalue weighted by molar-refractivity contribution is -0.157. The summed E-state index contributed by atoms with van der Waals surface area (Å²) in [6.07, 6.45) is -4.45. The molecule has 0 aliphatic rings. The van der Waals surface area contributed by atoms with Gasteiger partial charge in [0.25, 0.3) is 0 Å². The van der Waals surface area contributed by atoms with Gasteiger partial charge in [-0.25, -0.2) is 9.38 Å². The van der Waals surface area contributed by atoms with E-state index in [0.29, 0.717) is 29.7 Å². The lowest BCUT2D eigenvalue weighted by Crippen LogP contribution is -2.42. The van der Waals surface area contributed by atoms with E-state index in [1.807, 2.05) is 6.92 Å². The van der Waals surface area contributed by atoms with Gasteiger partial charge in [0.05, 0.1) is 6.54 Å². The van der Waals surface area contributed by atoms with Gasteiger partial charge in [0.15, 0.2) is 5.96 Å². The van der Waals surface area contributed by atoms with Crippen LogP contribution in [-0.4, -0.2) is 74.7 Å². The number of hydrogen-bond donors (Lipinski definition) is 1. The first-order valence-electron chi connectivity index (χ1n) is 8.31. The van der Waals surface area contributed by atoms with Gasteiger partial charge in [-0.3, -0.25) is 4.79 Å². The molecule has 0 aliphatic carbocycles. The third-order valence-electron chi connectivity index (χ3n) is 3.41. The number of amides is 1. The van der Waals surface area contributed by atoms with E-state index in [2.05, 4.69) is 10.3 Å². The van der Waals surface area contributed by atoms with E-state index in [9.17, 15) is 22.4 Å². The molecule has 0 unspecified atom stereocenters.